The summed E-state index contributed by atoms with van der Waals surface area (Å²) in [5, 5.41) is 0. The summed E-state index contributed by atoms with van der Waals surface area (Å²) in [5.41, 5.74) is 6.57. The lowest BCUT2D eigenvalue weighted by molar-refractivity contribution is -0.129. The summed E-state index contributed by atoms with van der Waals surface area (Å²) in [6, 6.07) is 0.193. The molecule has 2 saturated heterocycles. The first-order chi connectivity index (χ1) is 8.66. The SMILES string of the molecule is Nc1cncc(F)c1N1CCN2C(=O)CCC2C1. The van der Waals surface area contributed by atoms with Gasteiger partial charge in [0.15, 0.2) is 5.82 Å². The van der Waals surface area contributed by atoms with Crippen LogP contribution in [0.2, 0.25) is 0 Å². The van der Waals surface area contributed by atoms with Crippen molar-refractivity contribution in [2.45, 2.75) is 18.9 Å². The molecule has 0 bridgehead atoms. The number of nitrogens with two attached hydrogens (primary N) is 1. The molecule has 0 spiro atoms. The van der Waals surface area contributed by atoms with Crippen LogP contribution in [0.4, 0.5) is 15.8 Å². The van der Waals surface area contributed by atoms with Gasteiger partial charge in [-0.15, -0.1) is 0 Å². The molecule has 1 aromatic heterocycles. The van der Waals surface area contributed by atoms with Crippen LogP contribution in [0.3, 0.4) is 0 Å². The normalized spacial score (nSPS) is 23.4. The Morgan fingerprint density at radius 1 is 1.39 bits per heavy atom. The minimum atomic E-state index is -0.396. The molecule has 18 heavy (non-hydrogen) atoms. The Labute approximate surface area is 104 Å². The second kappa shape index (κ2) is 4.12. The average Bonchev–Trinajstić information content (AvgIpc) is 2.71. The Hall–Kier alpha value is -1.85. The molecular weight excluding hydrogens is 235 g/mol. The number of rotatable bonds is 1. The number of aromatic nitrogens is 1. The summed E-state index contributed by atoms with van der Waals surface area (Å²) in [7, 11) is 0. The van der Waals surface area contributed by atoms with Gasteiger partial charge in [0, 0.05) is 32.1 Å². The van der Waals surface area contributed by atoms with E-state index in [9.17, 15) is 9.18 Å². The number of carbonyl (C=O) groups excluding carboxylic acids is 1. The molecule has 0 aliphatic carbocycles. The van der Waals surface area contributed by atoms with Crippen molar-refractivity contribution < 1.29 is 9.18 Å². The van der Waals surface area contributed by atoms with E-state index in [1.54, 1.807) is 0 Å². The number of hydrogen-bond acceptors (Lipinski definition) is 4. The number of fused-ring (bicyclic) bond motifs is 1. The summed E-state index contributed by atoms with van der Waals surface area (Å²) in [6.07, 6.45) is 4.09. The van der Waals surface area contributed by atoms with Crippen molar-refractivity contribution in [3.63, 3.8) is 0 Å². The first-order valence-electron chi connectivity index (χ1n) is 6.10. The molecule has 1 aromatic rings. The van der Waals surface area contributed by atoms with Gasteiger partial charge in [0.05, 0.1) is 23.8 Å². The molecule has 0 saturated carbocycles. The van der Waals surface area contributed by atoms with Crippen molar-refractivity contribution in [1.29, 1.82) is 0 Å². The Morgan fingerprint density at radius 2 is 2.22 bits per heavy atom. The number of nitrogens with zero attached hydrogens (tertiary/aromatic N) is 3. The summed E-state index contributed by atoms with van der Waals surface area (Å²) in [5.74, 6) is -0.185. The molecule has 1 unspecified atom stereocenters. The molecule has 3 heterocycles. The van der Waals surface area contributed by atoms with Crippen LogP contribution in [-0.4, -0.2) is 41.5 Å². The fraction of sp³-hybridized carbons (Fsp3) is 0.500. The van der Waals surface area contributed by atoms with Crippen molar-refractivity contribution in [1.82, 2.24) is 9.88 Å². The van der Waals surface area contributed by atoms with E-state index in [0.717, 1.165) is 6.42 Å². The highest BCUT2D eigenvalue weighted by molar-refractivity contribution is 5.79. The van der Waals surface area contributed by atoms with Crippen LogP contribution in [-0.2, 0) is 4.79 Å². The highest BCUT2D eigenvalue weighted by Crippen LogP contribution is 2.30. The zero-order valence-electron chi connectivity index (χ0n) is 9.97. The van der Waals surface area contributed by atoms with E-state index in [4.69, 9.17) is 5.73 Å². The van der Waals surface area contributed by atoms with Gasteiger partial charge in [-0.25, -0.2) is 4.39 Å². The predicted molar refractivity (Wildman–Crippen MR) is 65.6 cm³/mol. The van der Waals surface area contributed by atoms with E-state index in [1.165, 1.54) is 12.4 Å². The van der Waals surface area contributed by atoms with Gasteiger partial charge in [-0.3, -0.25) is 9.78 Å². The predicted octanol–water partition coefficient (Wildman–Crippen LogP) is 0.614. The smallest absolute Gasteiger partial charge is 0.223 e. The third-order valence-corrected chi connectivity index (χ3v) is 3.71. The van der Waals surface area contributed by atoms with E-state index in [2.05, 4.69) is 4.98 Å². The van der Waals surface area contributed by atoms with Crippen LogP contribution in [0.25, 0.3) is 0 Å². The van der Waals surface area contributed by atoms with Crippen LogP contribution in [0.1, 0.15) is 12.8 Å². The summed E-state index contributed by atoms with van der Waals surface area (Å²) in [4.78, 5) is 19.1. The van der Waals surface area contributed by atoms with Crippen molar-refractivity contribution in [2.75, 3.05) is 30.3 Å². The van der Waals surface area contributed by atoms with E-state index in [-0.39, 0.29) is 11.9 Å². The maximum atomic E-state index is 13.8. The Kier molecular flexibility index (Phi) is 2.57. The molecule has 2 aliphatic rings. The van der Waals surface area contributed by atoms with Crippen molar-refractivity contribution in [2.24, 2.45) is 0 Å². The molecule has 3 rings (SSSR count). The van der Waals surface area contributed by atoms with Crippen LogP contribution < -0.4 is 10.6 Å². The van der Waals surface area contributed by atoms with Crippen LogP contribution >= 0.6 is 0 Å². The van der Waals surface area contributed by atoms with Gasteiger partial charge < -0.3 is 15.5 Å². The minimum absolute atomic E-state index is 0.193. The third-order valence-electron chi connectivity index (χ3n) is 3.71. The highest BCUT2D eigenvalue weighted by Gasteiger charge is 2.36. The summed E-state index contributed by atoms with van der Waals surface area (Å²) in [6.45, 7) is 1.91. The second-order valence-electron chi connectivity index (χ2n) is 4.78. The number of halogens is 1. The fourth-order valence-electron chi connectivity index (χ4n) is 2.84. The van der Waals surface area contributed by atoms with Gasteiger partial charge in [-0.2, -0.15) is 0 Å². The zero-order chi connectivity index (χ0) is 12.7. The first kappa shape index (κ1) is 11.3. The number of piperazine rings is 1. The largest absolute Gasteiger partial charge is 0.396 e. The number of anilines is 2. The van der Waals surface area contributed by atoms with E-state index in [1.807, 2.05) is 9.80 Å². The van der Waals surface area contributed by atoms with E-state index < -0.39 is 5.82 Å². The maximum absolute atomic E-state index is 13.8. The number of pyridine rings is 1. The molecule has 0 aromatic carbocycles. The molecule has 2 N–H and O–H groups in total. The standard InChI is InChI=1S/C12H15FN4O/c13-9-5-15-6-10(14)12(9)16-3-4-17-8(7-16)1-2-11(17)18/h5-6,8H,1-4,7,14H2. The van der Waals surface area contributed by atoms with E-state index >= 15 is 0 Å². The lowest BCUT2D eigenvalue weighted by Crippen LogP contribution is -2.51. The molecule has 1 amide bonds. The quantitative estimate of drug-likeness (QED) is 0.793. The summed E-state index contributed by atoms with van der Waals surface area (Å²) >= 11 is 0. The van der Waals surface area contributed by atoms with Gasteiger partial charge in [0.2, 0.25) is 5.91 Å². The topological polar surface area (TPSA) is 62.5 Å². The fourth-order valence-corrected chi connectivity index (χ4v) is 2.84. The number of nitrogen functional groups attached to an aromatic ring is 1. The van der Waals surface area contributed by atoms with Crippen molar-refractivity contribution in [3.8, 4) is 0 Å². The molecule has 6 heteroatoms. The molecule has 5 nitrogen and oxygen atoms in total. The monoisotopic (exact) mass is 250 g/mol. The van der Waals surface area contributed by atoms with Crippen LogP contribution in [0.5, 0.6) is 0 Å². The minimum Gasteiger partial charge on any atom is -0.396 e. The number of amides is 1. The summed E-state index contributed by atoms with van der Waals surface area (Å²) < 4.78 is 13.8. The molecular formula is C12H15FN4O. The highest BCUT2D eigenvalue weighted by atomic mass is 19.1. The van der Waals surface area contributed by atoms with E-state index in [0.29, 0.717) is 37.4 Å². The van der Waals surface area contributed by atoms with Crippen molar-refractivity contribution in [3.05, 3.63) is 18.2 Å². The molecule has 96 valence electrons. The zero-order valence-corrected chi connectivity index (χ0v) is 9.97. The lowest BCUT2D eigenvalue weighted by atomic mass is 10.1. The van der Waals surface area contributed by atoms with Gasteiger partial charge in [-0.05, 0) is 6.42 Å². The molecule has 2 aliphatic heterocycles. The van der Waals surface area contributed by atoms with Crippen LogP contribution in [0.15, 0.2) is 12.4 Å². The molecule has 1 atom stereocenters. The number of carbonyl (C=O) groups is 1. The van der Waals surface area contributed by atoms with Gasteiger partial charge >= 0.3 is 0 Å². The maximum Gasteiger partial charge on any atom is 0.223 e. The lowest BCUT2D eigenvalue weighted by Gasteiger charge is -2.39. The Morgan fingerprint density at radius 3 is 3.00 bits per heavy atom. The first-order valence-corrected chi connectivity index (χ1v) is 6.10. The third kappa shape index (κ3) is 1.68. The molecule has 2 fully saturated rings. The van der Waals surface area contributed by atoms with Crippen LogP contribution in [0, 0.1) is 5.82 Å². The molecule has 0 radical (unpaired) electrons. The number of hydrogen-bond donors (Lipinski definition) is 1. The Balaban J connectivity index is 1.85. The van der Waals surface area contributed by atoms with Gasteiger partial charge in [-0.1, -0.05) is 0 Å². The Bertz CT molecular complexity index is 473. The second-order valence-corrected chi connectivity index (χ2v) is 4.78. The van der Waals surface area contributed by atoms with Gasteiger partial charge in [0.25, 0.3) is 0 Å². The van der Waals surface area contributed by atoms with Gasteiger partial charge in [0.1, 0.15) is 0 Å². The van der Waals surface area contributed by atoms with Crippen molar-refractivity contribution >= 4 is 17.3 Å². The average molecular weight is 250 g/mol.